The number of hydrogen-bond acceptors (Lipinski definition) is 12. The van der Waals surface area contributed by atoms with Crippen LogP contribution in [0.25, 0.3) is 0 Å². The lowest BCUT2D eigenvalue weighted by molar-refractivity contribution is -0.148. The molecule has 0 aromatic rings. The predicted molar refractivity (Wildman–Crippen MR) is 385 cm³/mol. The number of carboxylic acid groups (broad SMARTS) is 3. The van der Waals surface area contributed by atoms with E-state index in [1.165, 1.54) is 0 Å². The average Bonchev–Trinajstić information content (AvgIpc) is 1.97. The minimum Gasteiger partial charge on any atom is -0.481 e. The first-order valence-corrected chi connectivity index (χ1v) is 39.5. The highest BCUT2D eigenvalue weighted by molar-refractivity contribution is 5.74. The van der Waals surface area contributed by atoms with E-state index >= 15 is 0 Å². The lowest BCUT2D eigenvalue weighted by atomic mass is 9.84. The van der Waals surface area contributed by atoms with Crippen molar-refractivity contribution in [2.24, 2.45) is 104 Å². The maximum atomic E-state index is 11.3. The molecule has 0 aromatic carbocycles. The summed E-state index contributed by atoms with van der Waals surface area (Å²) >= 11 is 0. The van der Waals surface area contributed by atoms with Crippen LogP contribution in [0.1, 0.15) is 333 Å². The largest absolute Gasteiger partial charge is 0.481 e. The first-order valence-electron chi connectivity index (χ1n) is 39.5. The third kappa shape index (κ3) is 28.7. The van der Waals surface area contributed by atoms with Gasteiger partial charge in [0, 0.05) is 19.8 Å². The van der Waals surface area contributed by atoms with Crippen LogP contribution >= 0.6 is 0 Å². The van der Waals surface area contributed by atoms with Gasteiger partial charge in [0.15, 0.2) is 0 Å². The van der Waals surface area contributed by atoms with Gasteiger partial charge < -0.3 is 61.3 Å². The van der Waals surface area contributed by atoms with Gasteiger partial charge in [0.25, 0.3) is 0 Å². The number of hydrogen-bond donors (Lipinski definition) is 12. The first-order chi connectivity index (χ1) is 44.9. The lowest BCUT2D eigenvalue weighted by Crippen LogP contribution is -2.25. The highest BCUT2D eigenvalue weighted by Crippen LogP contribution is 2.46. The smallest absolute Gasteiger partial charge is 0.309 e. The van der Waals surface area contributed by atoms with Crippen LogP contribution in [0.5, 0.6) is 0 Å². The summed E-state index contributed by atoms with van der Waals surface area (Å²) in [4.78, 5) is 33.8. The van der Waals surface area contributed by atoms with Gasteiger partial charge in [-0.25, -0.2) is 0 Å². The van der Waals surface area contributed by atoms with Crippen molar-refractivity contribution in [2.45, 2.75) is 370 Å². The topological polar surface area (TPSA) is 294 Å². The number of aliphatic hydroxyl groups is 9. The van der Waals surface area contributed by atoms with Crippen LogP contribution in [0.15, 0.2) is 0 Å². The summed E-state index contributed by atoms with van der Waals surface area (Å²) in [6.45, 7) is 23.9. The molecule has 0 amide bonds. The molecule has 0 aliphatic heterocycles. The van der Waals surface area contributed by atoms with E-state index in [1.54, 1.807) is 41.5 Å². The molecule has 0 heterocycles. The Kier molecular flexibility index (Phi) is 36.7. The molecule has 15 heteroatoms. The Balaban J connectivity index is 0.000000306. The summed E-state index contributed by atoms with van der Waals surface area (Å²) in [6.07, 6.45) is 38.0. The van der Waals surface area contributed by atoms with Gasteiger partial charge >= 0.3 is 17.9 Å². The zero-order valence-corrected chi connectivity index (χ0v) is 63.2. The second-order valence-electron chi connectivity index (χ2n) is 37.2. The van der Waals surface area contributed by atoms with E-state index in [2.05, 4.69) is 41.5 Å². The standard InChI is InChI=1S/C27H48O6.C27H50O5.C27H52O4/c1-26(2,24(30)31)16-6-10-20-14-12-18(22(20)28)8-5-9-19-13-15-21(23(19)29)11-7-17-27(3,4)25(32)33;1-26(2,18-28)16-6-10-21-14-12-19(23(21)29)8-5-9-20-13-15-22(24(20)30)11-7-17-27(3,4)25(31)32;1-26(2,18-28)16-6-10-22-14-12-20(24(22)30)8-5-9-21-13-15-23(25(21)31)11-7-17-27(3,4)19-29/h18-23,28-29H,5-17H2,1-4H3,(H,30,31)(H,32,33);19-24,28-30H,5-18H2,1-4H3,(H,31,32);20-25,28-31H,5-19H2,1-4H3. The Morgan fingerprint density at radius 3 is 0.490 bits per heavy atom. The van der Waals surface area contributed by atoms with Crippen LogP contribution in [0, 0.1) is 104 Å². The Bertz CT molecular complexity index is 2090. The Morgan fingerprint density at radius 1 is 0.240 bits per heavy atom. The van der Waals surface area contributed by atoms with E-state index in [4.69, 9.17) is 0 Å². The van der Waals surface area contributed by atoms with E-state index in [1.807, 2.05) is 0 Å². The summed E-state index contributed by atoms with van der Waals surface area (Å²) < 4.78 is 0. The predicted octanol–water partition coefficient (Wildman–Crippen LogP) is 16.2. The van der Waals surface area contributed by atoms with Crippen molar-refractivity contribution in [2.75, 3.05) is 19.8 Å². The molecule has 0 spiro atoms. The maximum absolute atomic E-state index is 11.3. The third-order valence-electron chi connectivity index (χ3n) is 26.1. The fourth-order valence-electron chi connectivity index (χ4n) is 18.1. The van der Waals surface area contributed by atoms with Gasteiger partial charge in [-0.2, -0.15) is 0 Å². The quantitative estimate of drug-likeness (QED) is 0.0271. The molecule has 6 saturated carbocycles. The van der Waals surface area contributed by atoms with Crippen molar-refractivity contribution in [3.63, 3.8) is 0 Å². The monoisotopic (exact) mass is 1360 g/mol. The fourth-order valence-corrected chi connectivity index (χ4v) is 18.1. The van der Waals surface area contributed by atoms with Crippen LogP contribution in [0.3, 0.4) is 0 Å². The molecule has 0 bridgehead atoms. The van der Waals surface area contributed by atoms with Gasteiger partial charge in [0.05, 0.1) is 52.9 Å². The Hall–Kier alpha value is -1.95. The summed E-state index contributed by atoms with van der Waals surface area (Å²) in [5.41, 5.74) is -2.10. The molecule has 18 atom stereocenters. The van der Waals surface area contributed by atoms with Gasteiger partial charge in [0.2, 0.25) is 0 Å². The SMILES string of the molecule is CC(C)(CCCC1CCC(CCCC2CCC(CCCC(C)(C)C(=O)O)C2O)C1O)C(=O)O.CC(C)(CO)CCCC1CCC(CCCC2CCC(CCCC(C)(C)C(=O)O)C2O)C1O.CC(C)(CO)CCCC1CCC(CCCC2CCC(CCCC(C)(C)CO)C2O)C1O. The first kappa shape index (κ1) is 86.5. The summed E-state index contributed by atoms with van der Waals surface area (Å²) in [6, 6.07) is 0. The van der Waals surface area contributed by atoms with Crippen LogP contribution in [-0.4, -0.2) is 136 Å². The molecule has 0 aromatic heterocycles. The minimum absolute atomic E-state index is 0.00201. The summed E-state index contributed by atoms with van der Waals surface area (Å²) in [7, 11) is 0. The molecule has 6 fully saturated rings. The zero-order chi connectivity index (χ0) is 71.8. The molecule has 6 aliphatic carbocycles. The number of aliphatic carboxylic acids is 3. The second kappa shape index (κ2) is 40.8. The average molecular weight is 1360 g/mol. The Morgan fingerprint density at radius 2 is 0.365 bits per heavy atom. The molecule has 15 nitrogen and oxygen atoms in total. The van der Waals surface area contributed by atoms with E-state index in [0.717, 1.165) is 231 Å². The van der Waals surface area contributed by atoms with E-state index < -0.39 is 34.2 Å². The molecular formula is C81H150O15. The number of aliphatic hydroxyl groups excluding tert-OH is 9. The van der Waals surface area contributed by atoms with Crippen LogP contribution in [0.2, 0.25) is 0 Å². The number of carbonyl (C=O) groups is 3. The molecule has 564 valence electrons. The minimum atomic E-state index is -0.757. The highest BCUT2D eigenvalue weighted by atomic mass is 16.4. The van der Waals surface area contributed by atoms with Crippen LogP contribution < -0.4 is 0 Å². The van der Waals surface area contributed by atoms with Crippen molar-refractivity contribution < 1.29 is 75.7 Å². The second-order valence-corrected chi connectivity index (χ2v) is 37.2. The molecule has 12 N–H and O–H groups in total. The normalized spacial score (nSPS) is 31.3. The van der Waals surface area contributed by atoms with Crippen LogP contribution in [-0.2, 0) is 14.4 Å². The molecular weight excluding hydrogens is 1210 g/mol. The zero-order valence-electron chi connectivity index (χ0n) is 63.2. The molecule has 6 aliphatic rings. The van der Waals surface area contributed by atoms with Gasteiger partial charge in [-0.1, -0.05) is 99.3 Å². The van der Waals surface area contributed by atoms with E-state index in [0.29, 0.717) is 78.4 Å². The Labute approximate surface area is 584 Å². The molecule has 6 rings (SSSR count). The maximum Gasteiger partial charge on any atom is 0.309 e. The number of carboxylic acids is 3. The van der Waals surface area contributed by atoms with Crippen molar-refractivity contribution in [1.82, 2.24) is 0 Å². The van der Waals surface area contributed by atoms with Gasteiger partial charge in [-0.3, -0.25) is 14.4 Å². The van der Waals surface area contributed by atoms with Crippen molar-refractivity contribution >= 4 is 17.9 Å². The lowest BCUT2D eigenvalue weighted by Gasteiger charge is -2.25. The molecule has 0 saturated heterocycles. The molecule has 0 radical (unpaired) electrons. The summed E-state index contributed by atoms with van der Waals surface area (Å²) in [5, 5.41) is 121. The summed E-state index contributed by atoms with van der Waals surface area (Å²) in [5.74, 6) is 2.21. The van der Waals surface area contributed by atoms with E-state index in [9.17, 15) is 75.7 Å². The van der Waals surface area contributed by atoms with Crippen molar-refractivity contribution in [3.8, 4) is 0 Å². The van der Waals surface area contributed by atoms with Crippen molar-refractivity contribution in [1.29, 1.82) is 0 Å². The molecule has 96 heavy (non-hydrogen) atoms. The third-order valence-corrected chi connectivity index (χ3v) is 26.1. The molecule has 18 unspecified atom stereocenters. The highest BCUT2D eigenvalue weighted by Gasteiger charge is 2.42. The van der Waals surface area contributed by atoms with Crippen molar-refractivity contribution in [3.05, 3.63) is 0 Å². The number of rotatable bonds is 42. The van der Waals surface area contributed by atoms with Gasteiger partial charge in [-0.05, 0) is 321 Å². The van der Waals surface area contributed by atoms with Crippen LogP contribution in [0.4, 0.5) is 0 Å². The van der Waals surface area contributed by atoms with Gasteiger partial charge in [0.1, 0.15) is 0 Å². The fraction of sp³-hybridized carbons (Fsp3) is 0.963. The van der Waals surface area contributed by atoms with E-state index in [-0.39, 0.29) is 84.5 Å². The van der Waals surface area contributed by atoms with Gasteiger partial charge in [-0.15, -0.1) is 0 Å².